The second-order valence-corrected chi connectivity index (χ2v) is 6.38. The fourth-order valence-corrected chi connectivity index (χ4v) is 2.33. The average molecular weight is 225 g/mol. The SMILES string of the molecule is CC(C)N1CCC(C(N)C(C)(C)C)C(=N)C1. The van der Waals surface area contributed by atoms with Crippen LogP contribution in [0.25, 0.3) is 0 Å². The third-order valence-electron chi connectivity index (χ3n) is 3.71. The summed E-state index contributed by atoms with van der Waals surface area (Å²) < 4.78 is 0. The molecule has 1 aliphatic heterocycles. The van der Waals surface area contributed by atoms with E-state index < -0.39 is 0 Å². The van der Waals surface area contributed by atoms with Crippen molar-refractivity contribution in [3.63, 3.8) is 0 Å². The molecule has 3 heteroatoms. The first kappa shape index (κ1) is 13.7. The number of hydrogen-bond donors (Lipinski definition) is 2. The molecule has 0 radical (unpaired) electrons. The molecule has 94 valence electrons. The van der Waals surface area contributed by atoms with Crippen molar-refractivity contribution in [3.8, 4) is 0 Å². The molecule has 0 spiro atoms. The van der Waals surface area contributed by atoms with Gasteiger partial charge in [-0.15, -0.1) is 0 Å². The van der Waals surface area contributed by atoms with Crippen LogP contribution in [0.1, 0.15) is 41.0 Å². The molecule has 0 aromatic carbocycles. The highest BCUT2D eigenvalue weighted by atomic mass is 15.2. The van der Waals surface area contributed by atoms with Gasteiger partial charge in [0.15, 0.2) is 0 Å². The molecule has 0 aromatic heterocycles. The van der Waals surface area contributed by atoms with Crippen molar-refractivity contribution in [1.82, 2.24) is 4.90 Å². The van der Waals surface area contributed by atoms with Gasteiger partial charge < -0.3 is 11.1 Å². The van der Waals surface area contributed by atoms with Gasteiger partial charge in [-0.1, -0.05) is 20.8 Å². The molecule has 0 bridgehead atoms. The molecule has 16 heavy (non-hydrogen) atoms. The number of rotatable bonds is 2. The van der Waals surface area contributed by atoms with Gasteiger partial charge in [-0.2, -0.15) is 0 Å². The van der Waals surface area contributed by atoms with Crippen molar-refractivity contribution in [3.05, 3.63) is 0 Å². The molecule has 0 saturated carbocycles. The Hall–Kier alpha value is -0.410. The largest absolute Gasteiger partial charge is 0.327 e. The maximum absolute atomic E-state index is 8.16. The van der Waals surface area contributed by atoms with E-state index >= 15 is 0 Å². The topological polar surface area (TPSA) is 53.1 Å². The highest BCUT2D eigenvalue weighted by Gasteiger charge is 2.35. The monoisotopic (exact) mass is 225 g/mol. The van der Waals surface area contributed by atoms with E-state index in [-0.39, 0.29) is 17.4 Å². The molecule has 0 amide bonds. The molecule has 0 aliphatic carbocycles. The third-order valence-corrected chi connectivity index (χ3v) is 3.71. The van der Waals surface area contributed by atoms with Gasteiger partial charge in [-0.05, 0) is 32.2 Å². The summed E-state index contributed by atoms with van der Waals surface area (Å²) in [6.45, 7) is 12.8. The number of nitrogens with one attached hydrogen (secondary N) is 1. The van der Waals surface area contributed by atoms with E-state index in [2.05, 4.69) is 39.5 Å². The zero-order valence-electron chi connectivity index (χ0n) is 11.4. The fraction of sp³-hybridized carbons (Fsp3) is 0.923. The molecular weight excluding hydrogens is 198 g/mol. The van der Waals surface area contributed by atoms with E-state index in [4.69, 9.17) is 11.1 Å². The quantitative estimate of drug-likeness (QED) is 0.756. The van der Waals surface area contributed by atoms with Crippen molar-refractivity contribution < 1.29 is 0 Å². The van der Waals surface area contributed by atoms with E-state index in [9.17, 15) is 0 Å². The molecule has 1 rings (SSSR count). The lowest BCUT2D eigenvalue weighted by Gasteiger charge is -2.41. The first-order valence-corrected chi connectivity index (χ1v) is 6.30. The van der Waals surface area contributed by atoms with Crippen LogP contribution in [0.5, 0.6) is 0 Å². The summed E-state index contributed by atoms with van der Waals surface area (Å²) in [5.74, 6) is 0.273. The summed E-state index contributed by atoms with van der Waals surface area (Å²) in [5, 5.41) is 8.16. The lowest BCUT2D eigenvalue weighted by atomic mass is 9.75. The van der Waals surface area contributed by atoms with Crippen LogP contribution in [0.15, 0.2) is 0 Å². The number of likely N-dealkylation sites (tertiary alicyclic amines) is 1. The number of nitrogens with zero attached hydrogens (tertiary/aromatic N) is 1. The zero-order chi connectivity index (χ0) is 12.5. The predicted molar refractivity (Wildman–Crippen MR) is 70.0 cm³/mol. The average Bonchev–Trinajstić information content (AvgIpc) is 2.15. The minimum atomic E-state index is 0.0942. The van der Waals surface area contributed by atoms with Crippen molar-refractivity contribution in [2.45, 2.75) is 53.1 Å². The Morgan fingerprint density at radius 1 is 1.38 bits per heavy atom. The summed E-state index contributed by atoms with van der Waals surface area (Å²) in [7, 11) is 0. The van der Waals surface area contributed by atoms with Gasteiger partial charge in [0.2, 0.25) is 0 Å². The first-order chi connectivity index (χ1) is 7.23. The molecule has 2 atom stereocenters. The Bertz CT molecular complexity index is 252. The van der Waals surface area contributed by atoms with Crippen LogP contribution in [-0.2, 0) is 0 Å². The molecule has 1 aliphatic rings. The maximum atomic E-state index is 8.16. The van der Waals surface area contributed by atoms with Gasteiger partial charge >= 0.3 is 0 Å². The molecule has 1 saturated heterocycles. The van der Waals surface area contributed by atoms with E-state index in [0.29, 0.717) is 6.04 Å². The highest BCUT2D eigenvalue weighted by molar-refractivity contribution is 5.87. The van der Waals surface area contributed by atoms with Crippen LogP contribution < -0.4 is 5.73 Å². The van der Waals surface area contributed by atoms with E-state index in [0.717, 1.165) is 25.2 Å². The normalized spacial score (nSPS) is 26.2. The van der Waals surface area contributed by atoms with Gasteiger partial charge in [0.05, 0.1) is 0 Å². The summed E-state index contributed by atoms with van der Waals surface area (Å²) in [5.41, 5.74) is 7.19. The minimum Gasteiger partial charge on any atom is -0.327 e. The minimum absolute atomic E-state index is 0.0942. The molecule has 1 fully saturated rings. The highest BCUT2D eigenvalue weighted by Crippen LogP contribution is 2.29. The summed E-state index contributed by atoms with van der Waals surface area (Å²) in [6.07, 6.45) is 1.04. The van der Waals surface area contributed by atoms with Crippen LogP contribution in [0.3, 0.4) is 0 Å². The van der Waals surface area contributed by atoms with Crippen LogP contribution in [0, 0.1) is 16.7 Å². The number of piperidine rings is 1. The predicted octanol–water partition coefficient (Wildman–Crippen LogP) is 2.11. The van der Waals surface area contributed by atoms with Crippen molar-refractivity contribution >= 4 is 5.71 Å². The standard InChI is InChI=1S/C13H27N3/c1-9(2)16-7-6-10(11(14)8-16)12(15)13(3,4)5/h9-10,12,14H,6-8,15H2,1-5H3. The number of hydrogen-bond acceptors (Lipinski definition) is 3. The Morgan fingerprint density at radius 2 is 1.94 bits per heavy atom. The van der Waals surface area contributed by atoms with E-state index in [1.165, 1.54) is 0 Å². The molecule has 0 aromatic rings. The van der Waals surface area contributed by atoms with E-state index in [1.807, 2.05) is 0 Å². The molecule has 2 unspecified atom stereocenters. The van der Waals surface area contributed by atoms with Gasteiger partial charge in [-0.25, -0.2) is 0 Å². The molecule has 3 N–H and O–H groups in total. The Kier molecular flexibility index (Phi) is 4.13. The molecule has 1 heterocycles. The summed E-state index contributed by atoms with van der Waals surface area (Å²) >= 11 is 0. The molecular formula is C13H27N3. The van der Waals surface area contributed by atoms with Crippen LogP contribution in [0.2, 0.25) is 0 Å². The first-order valence-electron chi connectivity index (χ1n) is 6.30. The van der Waals surface area contributed by atoms with Crippen LogP contribution in [-0.4, -0.2) is 35.8 Å². The number of nitrogens with two attached hydrogens (primary N) is 1. The lowest BCUT2D eigenvalue weighted by Crippen LogP contribution is -2.52. The summed E-state index contributed by atoms with van der Waals surface area (Å²) in [6, 6.07) is 0.640. The zero-order valence-corrected chi connectivity index (χ0v) is 11.4. The smallest absolute Gasteiger partial charge is 0.0366 e. The van der Waals surface area contributed by atoms with Crippen molar-refractivity contribution in [1.29, 1.82) is 5.41 Å². The van der Waals surface area contributed by atoms with Gasteiger partial charge in [-0.3, -0.25) is 4.90 Å². The second-order valence-electron chi connectivity index (χ2n) is 6.38. The Labute approximate surface area is 99.9 Å². The Balaban J connectivity index is 2.64. The molecule has 3 nitrogen and oxygen atoms in total. The van der Waals surface area contributed by atoms with Crippen molar-refractivity contribution in [2.24, 2.45) is 17.1 Å². The maximum Gasteiger partial charge on any atom is 0.0366 e. The van der Waals surface area contributed by atoms with Crippen LogP contribution in [0.4, 0.5) is 0 Å². The van der Waals surface area contributed by atoms with E-state index in [1.54, 1.807) is 0 Å². The lowest BCUT2D eigenvalue weighted by molar-refractivity contribution is 0.184. The van der Waals surface area contributed by atoms with Gasteiger partial charge in [0, 0.05) is 30.3 Å². The summed E-state index contributed by atoms with van der Waals surface area (Å²) in [4.78, 5) is 2.36. The van der Waals surface area contributed by atoms with Gasteiger partial charge in [0.25, 0.3) is 0 Å². The third kappa shape index (κ3) is 3.05. The Morgan fingerprint density at radius 3 is 2.31 bits per heavy atom. The fourth-order valence-electron chi connectivity index (χ4n) is 2.33. The van der Waals surface area contributed by atoms with Crippen LogP contribution >= 0.6 is 0 Å². The van der Waals surface area contributed by atoms with Crippen molar-refractivity contribution in [2.75, 3.05) is 13.1 Å². The van der Waals surface area contributed by atoms with Gasteiger partial charge in [0.1, 0.15) is 0 Å². The second kappa shape index (κ2) is 4.84.